The third-order valence-electron chi connectivity index (χ3n) is 12.1. The van der Waals surface area contributed by atoms with Crippen LogP contribution in [0.15, 0.2) is 146 Å². The van der Waals surface area contributed by atoms with Crippen LogP contribution in [0, 0.1) is 0 Å². The third kappa shape index (κ3) is 58.7. The van der Waals surface area contributed by atoms with E-state index < -0.39 is 30.3 Å². The molecule has 0 aliphatic heterocycles. The fraction of sp³-hybridized carbons (Fsp3) is 0.603. The summed E-state index contributed by atoms with van der Waals surface area (Å²) < 4.78 is 22.5. The molecule has 0 amide bonds. The molecule has 9 nitrogen and oxygen atoms in total. The largest absolute Gasteiger partial charge is 0.545 e. The van der Waals surface area contributed by atoms with Crippen molar-refractivity contribution in [3.05, 3.63) is 146 Å². The van der Waals surface area contributed by atoms with E-state index in [1.54, 1.807) is 0 Å². The zero-order chi connectivity index (χ0) is 56.2. The Bertz CT molecular complexity index is 1770. The van der Waals surface area contributed by atoms with Crippen LogP contribution < -0.4 is 5.11 Å². The monoisotopic (exact) mass is 1070 g/mol. The number of hydrogen-bond donors (Lipinski definition) is 0. The molecule has 0 saturated heterocycles. The summed E-state index contributed by atoms with van der Waals surface area (Å²) in [6, 6.07) is 0. The van der Waals surface area contributed by atoms with E-state index in [-0.39, 0.29) is 32.7 Å². The lowest BCUT2D eigenvalue weighted by Crippen LogP contribution is -2.44. The summed E-state index contributed by atoms with van der Waals surface area (Å²) in [5.74, 6) is -2.40. The highest BCUT2D eigenvalue weighted by atomic mass is 16.7. The first-order valence-electron chi connectivity index (χ1n) is 30.0. The van der Waals surface area contributed by atoms with Crippen molar-refractivity contribution in [2.24, 2.45) is 0 Å². The minimum absolute atomic E-state index is 0.131. The number of carbonyl (C=O) groups excluding carboxylic acids is 3. The van der Waals surface area contributed by atoms with Gasteiger partial charge in [0.15, 0.2) is 12.4 Å². The molecule has 434 valence electrons. The second-order valence-corrected chi connectivity index (χ2v) is 20.5. The molecule has 0 fully saturated rings. The highest BCUT2D eigenvalue weighted by Crippen LogP contribution is 2.15. The van der Waals surface area contributed by atoms with E-state index in [9.17, 15) is 19.5 Å². The van der Waals surface area contributed by atoms with Crippen molar-refractivity contribution in [2.75, 3.05) is 47.5 Å². The fourth-order valence-corrected chi connectivity index (χ4v) is 7.56. The van der Waals surface area contributed by atoms with Crippen molar-refractivity contribution in [2.45, 2.75) is 219 Å². The molecule has 0 aliphatic carbocycles. The number of nitrogens with zero attached hydrogens (tertiary/aromatic N) is 1. The molecule has 0 aliphatic rings. The lowest BCUT2D eigenvalue weighted by atomic mass is 10.0. The number of ether oxygens (including phenoxy) is 4. The second kappa shape index (κ2) is 57.3. The van der Waals surface area contributed by atoms with Gasteiger partial charge in [-0.1, -0.05) is 237 Å². The minimum atomic E-state index is -1.64. The van der Waals surface area contributed by atoms with Crippen molar-refractivity contribution in [3.63, 3.8) is 0 Å². The van der Waals surface area contributed by atoms with E-state index in [0.29, 0.717) is 23.9 Å². The molecule has 0 saturated carbocycles. The molecule has 2 unspecified atom stereocenters. The molecule has 0 spiro atoms. The maximum atomic E-state index is 12.8. The number of quaternary nitrogens is 1. The zero-order valence-corrected chi connectivity index (χ0v) is 49.3. The van der Waals surface area contributed by atoms with Gasteiger partial charge in [0, 0.05) is 12.8 Å². The van der Waals surface area contributed by atoms with Gasteiger partial charge < -0.3 is 33.3 Å². The normalized spacial score (nSPS) is 13.8. The minimum Gasteiger partial charge on any atom is -0.545 e. The van der Waals surface area contributed by atoms with Crippen LogP contribution in [0.3, 0.4) is 0 Å². The summed E-state index contributed by atoms with van der Waals surface area (Å²) >= 11 is 0. The molecular formula is C68H109NO8. The van der Waals surface area contributed by atoms with Gasteiger partial charge >= 0.3 is 11.9 Å². The van der Waals surface area contributed by atoms with Crippen LogP contribution in [0.25, 0.3) is 0 Å². The van der Waals surface area contributed by atoms with Gasteiger partial charge in [0.2, 0.25) is 0 Å². The van der Waals surface area contributed by atoms with E-state index >= 15 is 0 Å². The SMILES string of the molecule is CC/C=C\C/C=C\C/C=C\C/C=C\C/C=C\C/C=C\C/C=C\C/C=C\CCCCCCCCCCCCCCCCC(=O)OC(COC(=O)CC/C=C\C/C=C\C/C=C\C/C=C\CC)COC(OCC[N+](C)(C)C)C(=O)[O-]. The molecule has 0 aromatic rings. The van der Waals surface area contributed by atoms with Crippen LogP contribution in [0.1, 0.15) is 206 Å². The third-order valence-corrected chi connectivity index (χ3v) is 12.1. The van der Waals surface area contributed by atoms with Gasteiger partial charge in [-0.2, -0.15) is 0 Å². The number of esters is 2. The summed E-state index contributed by atoms with van der Waals surface area (Å²) in [6.07, 6.45) is 80.8. The van der Waals surface area contributed by atoms with Crippen LogP contribution in [0.2, 0.25) is 0 Å². The zero-order valence-electron chi connectivity index (χ0n) is 49.3. The first-order valence-corrected chi connectivity index (χ1v) is 30.0. The lowest BCUT2D eigenvalue weighted by Gasteiger charge is -2.26. The summed E-state index contributed by atoms with van der Waals surface area (Å²) in [5, 5.41) is 11.8. The maximum absolute atomic E-state index is 12.8. The Morgan fingerprint density at radius 1 is 0.390 bits per heavy atom. The molecule has 77 heavy (non-hydrogen) atoms. The van der Waals surface area contributed by atoms with Crippen molar-refractivity contribution in [1.82, 2.24) is 0 Å². The molecule has 0 aromatic heterocycles. The van der Waals surface area contributed by atoms with Crippen LogP contribution in [-0.4, -0.2) is 82.3 Å². The van der Waals surface area contributed by atoms with E-state index in [0.717, 1.165) is 96.3 Å². The molecule has 0 aromatic carbocycles. The van der Waals surface area contributed by atoms with Crippen LogP contribution in [0.4, 0.5) is 0 Å². The smallest absolute Gasteiger partial charge is 0.306 e. The van der Waals surface area contributed by atoms with Crippen molar-refractivity contribution in [3.8, 4) is 0 Å². The van der Waals surface area contributed by atoms with Gasteiger partial charge in [-0.05, 0) is 103 Å². The van der Waals surface area contributed by atoms with E-state index in [4.69, 9.17) is 18.9 Å². The number of allylic oxidation sites excluding steroid dienone is 24. The van der Waals surface area contributed by atoms with Crippen LogP contribution in [-0.2, 0) is 33.3 Å². The highest BCUT2D eigenvalue weighted by molar-refractivity contribution is 5.70. The second-order valence-electron chi connectivity index (χ2n) is 20.5. The first-order chi connectivity index (χ1) is 37.6. The topological polar surface area (TPSA) is 111 Å². The molecule has 0 bridgehead atoms. The molecular weight excluding hydrogens is 959 g/mol. The Hall–Kier alpha value is -4.83. The molecule has 0 heterocycles. The average molecular weight is 1070 g/mol. The lowest BCUT2D eigenvalue weighted by molar-refractivity contribution is -0.870. The van der Waals surface area contributed by atoms with Gasteiger partial charge in [0.1, 0.15) is 13.2 Å². The van der Waals surface area contributed by atoms with Crippen LogP contribution >= 0.6 is 0 Å². The molecule has 0 rings (SSSR count). The maximum Gasteiger partial charge on any atom is 0.306 e. The summed E-state index contributed by atoms with van der Waals surface area (Å²) in [5.41, 5.74) is 0. The van der Waals surface area contributed by atoms with Gasteiger partial charge in [-0.3, -0.25) is 9.59 Å². The van der Waals surface area contributed by atoms with E-state index in [2.05, 4.69) is 148 Å². The number of hydrogen-bond acceptors (Lipinski definition) is 8. The number of carboxylic acid groups (broad SMARTS) is 1. The number of rotatable bonds is 53. The molecule has 0 radical (unpaired) electrons. The van der Waals surface area contributed by atoms with Crippen molar-refractivity contribution >= 4 is 17.9 Å². The predicted molar refractivity (Wildman–Crippen MR) is 324 cm³/mol. The number of unbranched alkanes of at least 4 members (excludes halogenated alkanes) is 14. The Balaban J connectivity index is 4.12. The van der Waals surface area contributed by atoms with Gasteiger partial charge in [-0.25, -0.2) is 0 Å². The van der Waals surface area contributed by atoms with Gasteiger partial charge in [-0.15, -0.1) is 0 Å². The number of carboxylic acids is 1. The Kier molecular flexibility index (Phi) is 53.8. The Morgan fingerprint density at radius 3 is 1.09 bits per heavy atom. The quantitative estimate of drug-likeness (QED) is 0.0195. The fourth-order valence-electron chi connectivity index (χ4n) is 7.56. The first kappa shape index (κ1) is 72.2. The summed E-state index contributed by atoms with van der Waals surface area (Å²) in [6.45, 7) is 4.40. The van der Waals surface area contributed by atoms with Crippen molar-refractivity contribution < 1.29 is 42.9 Å². The summed E-state index contributed by atoms with van der Waals surface area (Å²) in [7, 11) is 5.89. The standard InChI is InChI=1S/C68H109NO8/c1-6-8-10-12-14-16-18-20-21-22-23-24-25-26-27-28-29-30-31-32-33-34-35-36-37-38-39-40-41-42-43-44-45-47-49-51-53-55-57-59-66(71)77-64(63-76-68(67(72)73)74-61-60-69(3,4)5)62-75-65(70)58-56-54-52-50-48-46-19-17-15-13-11-9-7-2/h8-11,14-17,20-21,23-24,26-27,29-30,32-33,35-36,46,48,52,54,64,68H,6-7,12-13,18-19,22,25,28,31,34,37-45,47,49-51,53,55-63H2,1-5H3/b10-8-,11-9-,16-14-,17-15-,21-20-,24-23-,27-26-,30-29-,33-32-,36-35-,48-46-,54-52-. The van der Waals surface area contributed by atoms with E-state index in [1.165, 1.54) is 70.6 Å². The van der Waals surface area contributed by atoms with Gasteiger partial charge in [0.25, 0.3) is 0 Å². The molecule has 9 heteroatoms. The average Bonchev–Trinajstić information content (AvgIpc) is 3.40. The number of likely N-dealkylation sites (N-methyl/N-ethyl adjacent to an activating group) is 1. The van der Waals surface area contributed by atoms with Crippen LogP contribution in [0.5, 0.6) is 0 Å². The highest BCUT2D eigenvalue weighted by Gasteiger charge is 2.21. The molecule has 2 atom stereocenters. The number of carbonyl (C=O) groups is 3. The van der Waals surface area contributed by atoms with Crippen molar-refractivity contribution in [1.29, 1.82) is 0 Å². The predicted octanol–water partition coefficient (Wildman–Crippen LogP) is 16.7. The Morgan fingerprint density at radius 2 is 0.727 bits per heavy atom. The number of aliphatic carboxylic acids is 1. The summed E-state index contributed by atoms with van der Waals surface area (Å²) in [4.78, 5) is 37.2. The van der Waals surface area contributed by atoms with Gasteiger partial charge in [0.05, 0.1) is 40.3 Å². The Labute approximate surface area is 471 Å². The molecule has 0 N–H and O–H groups in total. The van der Waals surface area contributed by atoms with E-state index in [1.807, 2.05) is 33.3 Å².